The molecule has 0 aliphatic rings. The minimum absolute atomic E-state index is 0.257. The van der Waals surface area contributed by atoms with Crippen molar-refractivity contribution in [3.05, 3.63) is 49.2 Å². The summed E-state index contributed by atoms with van der Waals surface area (Å²) in [5.41, 5.74) is 1.90. The van der Waals surface area contributed by atoms with Crippen molar-refractivity contribution in [2.45, 2.75) is 4.90 Å². The van der Waals surface area contributed by atoms with Crippen LogP contribution in [0, 0.1) is 0 Å². The lowest BCUT2D eigenvalue weighted by atomic mass is 10.3. The standard InChI is InChI=1S/C16H16N4O3S/c1-3-9-17-15-14-13(8-10-23-14)19-16(20-15)18-11-4-6-12(7-5-11)24(2,21)22/h3-8,10H,1,9H2,2H3,(H2,17,18,19,20). The first-order valence-corrected chi connectivity index (χ1v) is 9.03. The van der Waals surface area contributed by atoms with Gasteiger partial charge in [-0.1, -0.05) is 6.08 Å². The van der Waals surface area contributed by atoms with Crippen LogP contribution in [0.15, 0.2) is 58.6 Å². The van der Waals surface area contributed by atoms with Gasteiger partial charge in [0.2, 0.25) is 5.95 Å². The lowest BCUT2D eigenvalue weighted by Gasteiger charge is -2.08. The second kappa shape index (κ2) is 6.32. The fourth-order valence-electron chi connectivity index (χ4n) is 2.12. The summed E-state index contributed by atoms with van der Waals surface area (Å²) in [5, 5.41) is 6.15. The van der Waals surface area contributed by atoms with Crippen LogP contribution in [0.5, 0.6) is 0 Å². The van der Waals surface area contributed by atoms with E-state index in [-0.39, 0.29) is 4.90 Å². The van der Waals surface area contributed by atoms with Crippen LogP contribution in [-0.2, 0) is 9.84 Å². The number of sulfone groups is 1. The number of nitrogens with one attached hydrogen (secondary N) is 2. The molecule has 0 saturated heterocycles. The van der Waals surface area contributed by atoms with Gasteiger partial charge in [0, 0.05) is 24.6 Å². The van der Waals surface area contributed by atoms with Gasteiger partial charge in [-0.15, -0.1) is 6.58 Å². The summed E-state index contributed by atoms with van der Waals surface area (Å²) >= 11 is 0. The summed E-state index contributed by atoms with van der Waals surface area (Å²) in [6.07, 6.45) is 4.43. The van der Waals surface area contributed by atoms with E-state index in [2.05, 4.69) is 27.2 Å². The Morgan fingerprint density at radius 1 is 1.21 bits per heavy atom. The summed E-state index contributed by atoms with van der Waals surface area (Å²) in [5.74, 6) is 0.933. The van der Waals surface area contributed by atoms with Crippen molar-refractivity contribution in [3.8, 4) is 0 Å². The maximum absolute atomic E-state index is 11.5. The highest BCUT2D eigenvalue weighted by atomic mass is 32.2. The predicted octanol–water partition coefficient (Wildman–Crippen LogP) is 2.97. The maximum Gasteiger partial charge on any atom is 0.229 e. The van der Waals surface area contributed by atoms with E-state index in [4.69, 9.17) is 4.42 Å². The number of hydrogen-bond donors (Lipinski definition) is 2. The van der Waals surface area contributed by atoms with E-state index in [1.54, 1.807) is 30.5 Å². The molecule has 0 amide bonds. The average molecular weight is 344 g/mol. The van der Waals surface area contributed by atoms with Gasteiger partial charge in [-0.3, -0.25) is 0 Å². The molecule has 0 atom stereocenters. The van der Waals surface area contributed by atoms with Crippen LogP contribution in [0.2, 0.25) is 0 Å². The number of nitrogens with zero attached hydrogens (tertiary/aromatic N) is 2. The summed E-state index contributed by atoms with van der Waals surface area (Å²) < 4.78 is 28.4. The minimum Gasteiger partial charge on any atom is -0.459 e. The van der Waals surface area contributed by atoms with Gasteiger partial charge in [-0.05, 0) is 24.3 Å². The fourth-order valence-corrected chi connectivity index (χ4v) is 2.75. The fraction of sp³-hybridized carbons (Fsp3) is 0.125. The molecule has 0 spiro atoms. The molecule has 0 fully saturated rings. The Morgan fingerprint density at radius 2 is 1.96 bits per heavy atom. The molecule has 0 aliphatic carbocycles. The molecule has 1 aromatic carbocycles. The molecule has 8 heteroatoms. The Kier molecular flexibility index (Phi) is 4.22. The Bertz CT molecular complexity index is 978. The molecule has 124 valence electrons. The van der Waals surface area contributed by atoms with E-state index < -0.39 is 9.84 Å². The largest absolute Gasteiger partial charge is 0.459 e. The Morgan fingerprint density at radius 3 is 2.62 bits per heavy atom. The van der Waals surface area contributed by atoms with Gasteiger partial charge in [0.1, 0.15) is 5.52 Å². The summed E-state index contributed by atoms with van der Waals surface area (Å²) in [6, 6.07) is 8.14. The van der Waals surface area contributed by atoms with Crippen molar-refractivity contribution in [2.24, 2.45) is 0 Å². The number of anilines is 3. The first-order chi connectivity index (χ1) is 11.5. The summed E-state index contributed by atoms with van der Waals surface area (Å²) in [4.78, 5) is 9.01. The quantitative estimate of drug-likeness (QED) is 0.663. The zero-order chi connectivity index (χ0) is 17.2. The third-order valence-electron chi connectivity index (χ3n) is 3.26. The first kappa shape index (κ1) is 16.0. The Balaban J connectivity index is 1.90. The van der Waals surface area contributed by atoms with Gasteiger partial charge in [-0.25, -0.2) is 13.4 Å². The highest BCUT2D eigenvalue weighted by molar-refractivity contribution is 7.90. The van der Waals surface area contributed by atoms with E-state index in [9.17, 15) is 8.42 Å². The molecule has 2 aromatic heterocycles. The highest BCUT2D eigenvalue weighted by Gasteiger charge is 2.11. The molecular weight excluding hydrogens is 328 g/mol. The molecule has 0 unspecified atom stereocenters. The first-order valence-electron chi connectivity index (χ1n) is 7.14. The number of fused-ring (bicyclic) bond motifs is 1. The zero-order valence-corrected chi connectivity index (χ0v) is 13.8. The lowest BCUT2D eigenvalue weighted by molar-refractivity contribution is 0.602. The molecule has 0 aliphatic heterocycles. The highest BCUT2D eigenvalue weighted by Crippen LogP contribution is 2.24. The van der Waals surface area contributed by atoms with Crippen LogP contribution in [-0.4, -0.2) is 31.2 Å². The summed E-state index contributed by atoms with van der Waals surface area (Å²) in [7, 11) is -3.22. The van der Waals surface area contributed by atoms with Crippen molar-refractivity contribution in [3.63, 3.8) is 0 Å². The Hall–Kier alpha value is -2.87. The third kappa shape index (κ3) is 3.38. The van der Waals surface area contributed by atoms with Gasteiger partial charge in [0.15, 0.2) is 21.2 Å². The maximum atomic E-state index is 11.5. The van der Waals surface area contributed by atoms with Crippen molar-refractivity contribution in [1.82, 2.24) is 9.97 Å². The third-order valence-corrected chi connectivity index (χ3v) is 4.38. The van der Waals surface area contributed by atoms with Gasteiger partial charge in [0.05, 0.1) is 11.2 Å². The molecule has 2 N–H and O–H groups in total. The lowest BCUT2D eigenvalue weighted by Crippen LogP contribution is -2.05. The molecule has 0 radical (unpaired) electrons. The molecule has 7 nitrogen and oxygen atoms in total. The van der Waals surface area contributed by atoms with Crippen LogP contribution in [0.3, 0.4) is 0 Å². The van der Waals surface area contributed by atoms with E-state index in [1.165, 1.54) is 18.4 Å². The van der Waals surface area contributed by atoms with Crippen LogP contribution in [0.1, 0.15) is 0 Å². The van der Waals surface area contributed by atoms with E-state index in [1.807, 2.05) is 0 Å². The zero-order valence-electron chi connectivity index (χ0n) is 13.0. The van der Waals surface area contributed by atoms with Gasteiger partial charge in [0.25, 0.3) is 0 Å². The van der Waals surface area contributed by atoms with Gasteiger partial charge < -0.3 is 15.1 Å². The molecule has 2 heterocycles. The molecular formula is C16H16N4O3S. The van der Waals surface area contributed by atoms with E-state index in [0.29, 0.717) is 35.1 Å². The number of aromatic nitrogens is 2. The smallest absolute Gasteiger partial charge is 0.229 e. The monoisotopic (exact) mass is 344 g/mol. The second-order valence-electron chi connectivity index (χ2n) is 5.12. The molecule has 3 aromatic rings. The van der Waals surface area contributed by atoms with Crippen molar-refractivity contribution in [2.75, 3.05) is 23.4 Å². The van der Waals surface area contributed by atoms with Crippen molar-refractivity contribution < 1.29 is 12.8 Å². The second-order valence-corrected chi connectivity index (χ2v) is 7.14. The number of hydrogen-bond acceptors (Lipinski definition) is 7. The van der Waals surface area contributed by atoms with E-state index >= 15 is 0 Å². The minimum atomic E-state index is -3.22. The normalized spacial score (nSPS) is 11.4. The predicted molar refractivity (Wildman–Crippen MR) is 93.3 cm³/mol. The topological polar surface area (TPSA) is 97.1 Å². The number of rotatable bonds is 6. The Labute approximate surface area is 139 Å². The van der Waals surface area contributed by atoms with Crippen LogP contribution < -0.4 is 10.6 Å². The molecule has 3 rings (SSSR count). The van der Waals surface area contributed by atoms with Crippen LogP contribution >= 0.6 is 0 Å². The molecule has 0 saturated carbocycles. The number of benzene rings is 1. The van der Waals surface area contributed by atoms with E-state index in [0.717, 1.165) is 0 Å². The van der Waals surface area contributed by atoms with Crippen LogP contribution in [0.4, 0.5) is 17.5 Å². The molecule has 0 bridgehead atoms. The van der Waals surface area contributed by atoms with Crippen molar-refractivity contribution >= 4 is 38.4 Å². The number of furan rings is 1. The van der Waals surface area contributed by atoms with Gasteiger partial charge in [-0.2, -0.15) is 4.98 Å². The molecule has 24 heavy (non-hydrogen) atoms. The SMILES string of the molecule is C=CCNc1nc(Nc2ccc(S(C)(=O)=O)cc2)nc2ccoc12. The summed E-state index contributed by atoms with van der Waals surface area (Å²) in [6.45, 7) is 4.20. The van der Waals surface area contributed by atoms with Gasteiger partial charge >= 0.3 is 0 Å². The average Bonchev–Trinajstić information content (AvgIpc) is 3.01. The van der Waals surface area contributed by atoms with Crippen LogP contribution in [0.25, 0.3) is 11.1 Å². The van der Waals surface area contributed by atoms with Crippen molar-refractivity contribution in [1.29, 1.82) is 0 Å².